The Morgan fingerprint density at radius 1 is 0.958 bits per heavy atom. The smallest absolute Gasteiger partial charge is 0.406 e. The zero-order valence-electron chi connectivity index (χ0n) is 11.5. The largest absolute Gasteiger partial charge is 0.573 e. The van der Waals surface area contributed by atoms with Gasteiger partial charge in [-0.1, -0.05) is 12.1 Å². The van der Waals surface area contributed by atoms with Gasteiger partial charge in [0, 0.05) is 6.07 Å². The fraction of sp³-hybridized carbons (Fsp3) is 0.143. The lowest BCUT2D eigenvalue weighted by molar-refractivity contribution is -0.384. The van der Waals surface area contributed by atoms with Gasteiger partial charge in [-0.25, -0.2) is 0 Å². The van der Waals surface area contributed by atoms with Crippen molar-refractivity contribution in [3.8, 4) is 16.9 Å². The number of hydrogen-bond donors (Lipinski definition) is 0. The highest BCUT2D eigenvalue weighted by atomic mass is 19.4. The van der Waals surface area contributed by atoms with Crippen LogP contribution in [0.2, 0.25) is 0 Å². The number of hydrogen-bond acceptors (Lipinski definition) is 3. The summed E-state index contributed by atoms with van der Waals surface area (Å²) in [5.74, 6) is -0.702. The molecule has 0 heterocycles. The van der Waals surface area contributed by atoms with Crippen LogP contribution < -0.4 is 4.74 Å². The van der Waals surface area contributed by atoms with Gasteiger partial charge < -0.3 is 4.74 Å². The number of rotatable bonds is 3. The van der Waals surface area contributed by atoms with E-state index < -0.39 is 40.0 Å². The van der Waals surface area contributed by atoms with Crippen molar-refractivity contribution in [1.29, 1.82) is 0 Å². The molecule has 0 saturated carbocycles. The SMILES string of the molecule is O=[N+]([O-])c1ccc(C(F)(F)F)cc1-c1cccc(OC(F)(F)F)c1. The van der Waals surface area contributed by atoms with Crippen molar-refractivity contribution in [2.45, 2.75) is 12.5 Å². The molecule has 4 nitrogen and oxygen atoms in total. The monoisotopic (exact) mass is 351 g/mol. The Labute approximate surface area is 130 Å². The molecule has 10 heteroatoms. The predicted molar refractivity (Wildman–Crippen MR) is 70.2 cm³/mol. The van der Waals surface area contributed by atoms with E-state index in [2.05, 4.69) is 4.74 Å². The summed E-state index contributed by atoms with van der Waals surface area (Å²) in [5.41, 5.74) is -2.52. The molecule has 0 aromatic heterocycles. The molecule has 0 radical (unpaired) electrons. The van der Waals surface area contributed by atoms with Crippen LogP contribution >= 0.6 is 0 Å². The average Bonchev–Trinajstić information content (AvgIpc) is 2.44. The lowest BCUT2D eigenvalue weighted by Crippen LogP contribution is -2.17. The maximum Gasteiger partial charge on any atom is 0.573 e. The van der Waals surface area contributed by atoms with Gasteiger partial charge >= 0.3 is 12.5 Å². The summed E-state index contributed by atoms with van der Waals surface area (Å²) >= 11 is 0. The first-order chi connectivity index (χ1) is 11.0. The number of nitro groups is 1. The topological polar surface area (TPSA) is 52.4 Å². The molecule has 0 atom stereocenters. The molecule has 2 rings (SSSR count). The fourth-order valence-electron chi connectivity index (χ4n) is 1.96. The molecular weight excluding hydrogens is 344 g/mol. The van der Waals surface area contributed by atoms with Crippen LogP contribution in [0, 0.1) is 10.1 Å². The minimum absolute atomic E-state index is 0.213. The number of halogens is 6. The van der Waals surface area contributed by atoms with Crippen LogP contribution in [0.15, 0.2) is 42.5 Å². The van der Waals surface area contributed by atoms with Crippen LogP contribution in [0.5, 0.6) is 5.75 Å². The van der Waals surface area contributed by atoms with E-state index in [9.17, 15) is 36.5 Å². The predicted octanol–water partition coefficient (Wildman–Crippen LogP) is 5.18. The third kappa shape index (κ3) is 4.15. The molecule has 128 valence electrons. The van der Waals surface area contributed by atoms with Crippen LogP contribution in [0.3, 0.4) is 0 Å². The number of nitrogens with zero attached hydrogens (tertiary/aromatic N) is 1. The summed E-state index contributed by atoms with van der Waals surface area (Å²) in [4.78, 5) is 10.1. The zero-order chi connectivity index (χ0) is 18.1. The van der Waals surface area contributed by atoms with Crippen molar-refractivity contribution in [2.24, 2.45) is 0 Å². The molecule has 0 amide bonds. The summed E-state index contributed by atoms with van der Waals surface area (Å²) in [6.07, 6.45) is -9.76. The first kappa shape index (κ1) is 17.6. The third-order valence-corrected chi connectivity index (χ3v) is 2.90. The van der Waals surface area contributed by atoms with Gasteiger partial charge in [-0.3, -0.25) is 10.1 Å². The van der Waals surface area contributed by atoms with Crippen LogP contribution in [0.1, 0.15) is 5.56 Å². The Bertz CT molecular complexity index is 770. The van der Waals surface area contributed by atoms with Gasteiger partial charge in [0.1, 0.15) is 5.75 Å². The molecule has 0 aliphatic heterocycles. The van der Waals surface area contributed by atoms with E-state index in [0.29, 0.717) is 18.2 Å². The van der Waals surface area contributed by atoms with Crippen LogP contribution in [0.4, 0.5) is 32.0 Å². The van der Waals surface area contributed by atoms with E-state index in [0.717, 1.165) is 24.3 Å². The molecule has 0 aliphatic carbocycles. The summed E-state index contributed by atoms with van der Waals surface area (Å²) in [5, 5.41) is 11.0. The Morgan fingerprint density at radius 3 is 2.17 bits per heavy atom. The van der Waals surface area contributed by atoms with Crippen molar-refractivity contribution >= 4 is 5.69 Å². The van der Waals surface area contributed by atoms with Crippen LogP contribution in [-0.4, -0.2) is 11.3 Å². The second kappa shape index (κ2) is 6.02. The van der Waals surface area contributed by atoms with E-state index in [1.54, 1.807) is 0 Å². The summed E-state index contributed by atoms with van der Waals surface area (Å²) in [7, 11) is 0. The molecule has 2 aromatic rings. The Morgan fingerprint density at radius 2 is 1.62 bits per heavy atom. The highest BCUT2D eigenvalue weighted by molar-refractivity contribution is 5.75. The minimum Gasteiger partial charge on any atom is -0.406 e. The Kier molecular flexibility index (Phi) is 4.41. The number of benzene rings is 2. The van der Waals surface area contributed by atoms with Crippen molar-refractivity contribution in [3.63, 3.8) is 0 Å². The van der Waals surface area contributed by atoms with E-state index in [1.807, 2.05) is 0 Å². The van der Waals surface area contributed by atoms with Gasteiger partial charge in [0.25, 0.3) is 5.69 Å². The lowest BCUT2D eigenvalue weighted by atomic mass is 10.0. The number of alkyl halides is 6. The van der Waals surface area contributed by atoms with Crippen molar-refractivity contribution in [2.75, 3.05) is 0 Å². The average molecular weight is 351 g/mol. The molecule has 0 N–H and O–H groups in total. The standard InChI is InChI=1S/C14H7F6NO3/c15-13(16,17)9-4-5-12(21(22)23)11(7-9)8-2-1-3-10(6-8)24-14(18,19)20/h1-7H. The molecule has 0 aliphatic rings. The van der Waals surface area contributed by atoms with E-state index in [4.69, 9.17) is 0 Å². The number of nitro benzene ring substituents is 1. The molecule has 2 aromatic carbocycles. The number of ether oxygens (including phenoxy) is 1. The minimum atomic E-state index is -5.00. The Balaban J connectivity index is 2.58. The van der Waals surface area contributed by atoms with Gasteiger partial charge in [-0.15, -0.1) is 13.2 Å². The molecule has 0 bridgehead atoms. The Hall–Kier alpha value is -2.78. The highest BCUT2D eigenvalue weighted by Gasteiger charge is 2.33. The zero-order valence-corrected chi connectivity index (χ0v) is 11.5. The molecule has 0 saturated heterocycles. The van der Waals surface area contributed by atoms with Gasteiger partial charge in [0.2, 0.25) is 0 Å². The third-order valence-electron chi connectivity index (χ3n) is 2.90. The van der Waals surface area contributed by atoms with E-state index in [-0.39, 0.29) is 5.56 Å². The molecular formula is C14H7F6NO3. The van der Waals surface area contributed by atoms with Gasteiger partial charge in [0.05, 0.1) is 16.1 Å². The van der Waals surface area contributed by atoms with Crippen LogP contribution in [-0.2, 0) is 6.18 Å². The normalized spacial score (nSPS) is 12.1. The molecule has 0 unspecified atom stereocenters. The highest BCUT2D eigenvalue weighted by Crippen LogP contribution is 2.38. The van der Waals surface area contributed by atoms with Crippen molar-refractivity contribution < 1.29 is 36.0 Å². The first-order valence-corrected chi connectivity index (χ1v) is 6.19. The first-order valence-electron chi connectivity index (χ1n) is 6.19. The second-order valence-corrected chi connectivity index (χ2v) is 4.56. The fourth-order valence-corrected chi connectivity index (χ4v) is 1.96. The van der Waals surface area contributed by atoms with E-state index >= 15 is 0 Å². The maximum absolute atomic E-state index is 12.8. The van der Waals surface area contributed by atoms with Gasteiger partial charge in [0.15, 0.2) is 0 Å². The van der Waals surface area contributed by atoms with Gasteiger partial charge in [-0.05, 0) is 29.8 Å². The lowest BCUT2D eigenvalue weighted by Gasteiger charge is -2.12. The van der Waals surface area contributed by atoms with E-state index in [1.165, 1.54) is 0 Å². The van der Waals surface area contributed by atoms with Gasteiger partial charge in [-0.2, -0.15) is 13.2 Å². The maximum atomic E-state index is 12.8. The quantitative estimate of drug-likeness (QED) is 0.435. The molecule has 24 heavy (non-hydrogen) atoms. The molecule has 0 spiro atoms. The summed E-state index contributed by atoms with van der Waals surface area (Å²) < 4.78 is 78.7. The van der Waals surface area contributed by atoms with Crippen LogP contribution in [0.25, 0.3) is 11.1 Å². The summed E-state index contributed by atoms with van der Waals surface area (Å²) in [6, 6.07) is 5.61. The molecule has 0 fully saturated rings. The second-order valence-electron chi connectivity index (χ2n) is 4.56. The van der Waals surface area contributed by atoms with Crippen molar-refractivity contribution in [1.82, 2.24) is 0 Å². The summed E-state index contributed by atoms with van der Waals surface area (Å²) in [6.45, 7) is 0. The van der Waals surface area contributed by atoms with Crippen molar-refractivity contribution in [3.05, 3.63) is 58.1 Å².